The number of nitrogens with one attached hydrogen (secondary N) is 1. The number of carbonyl (C=O) groups excluding carboxylic acids is 1. The molecule has 0 saturated carbocycles. The molecule has 0 aliphatic carbocycles. The number of amides is 1. The minimum Gasteiger partial charge on any atom is -0.460 e. The molecule has 0 unspecified atom stereocenters. The number of alkyl halides is 3. The Kier molecular flexibility index (Phi) is 7.56. The number of anilines is 1. The van der Waals surface area contributed by atoms with Crippen LogP contribution in [0.5, 0.6) is 6.01 Å². The average Bonchev–Trinajstić information content (AvgIpc) is 3.29. The molecule has 0 aliphatic heterocycles. The van der Waals surface area contributed by atoms with Crippen molar-refractivity contribution in [2.45, 2.75) is 6.18 Å². The van der Waals surface area contributed by atoms with E-state index in [1.807, 2.05) is 0 Å². The van der Waals surface area contributed by atoms with E-state index in [1.165, 1.54) is 23.9 Å². The first-order chi connectivity index (χ1) is 17.2. The van der Waals surface area contributed by atoms with Crippen LogP contribution in [0.25, 0.3) is 17.1 Å². The summed E-state index contributed by atoms with van der Waals surface area (Å²) in [6.45, 7) is 0.509. The van der Waals surface area contributed by atoms with Gasteiger partial charge in [0.1, 0.15) is 6.61 Å². The first kappa shape index (κ1) is 25.2. The number of hydrogen-bond donors (Lipinski definition) is 1. The highest BCUT2D eigenvalue weighted by atomic mass is 35.5. The molecule has 0 radical (unpaired) electrons. The largest absolute Gasteiger partial charge is 0.460 e. The fourth-order valence-electron chi connectivity index (χ4n) is 3.24. The van der Waals surface area contributed by atoms with Gasteiger partial charge in [-0.2, -0.15) is 18.2 Å². The molecule has 4 aromatic rings. The van der Waals surface area contributed by atoms with Gasteiger partial charge in [0.15, 0.2) is 5.82 Å². The zero-order valence-electron chi connectivity index (χ0n) is 18.9. The molecule has 0 fully saturated rings. The smallest absolute Gasteiger partial charge is 0.416 e. The van der Waals surface area contributed by atoms with E-state index in [-0.39, 0.29) is 24.3 Å². The van der Waals surface area contributed by atoms with Crippen LogP contribution in [0.3, 0.4) is 0 Å². The van der Waals surface area contributed by atoms with Crippen molar-refractivity contribution in [1.29, 1.82) is 0 Å². The van der Waals surface area contributed by atoms with Crippen molar-refractivity contribution < 1.29 is 27.4 Å². The molecule has 4 rings (SSSR count). The van der Waals surface area contributed by atoms with Crippen LogP contribution in [-0.2, 0) is 10.9 Å². The van der Waals surface area contributed by atoms with Crippen LogP contribution in [0.1, 0.15) is 15.9 Å². The maximum Gasteiger partial charge on any atom is 0.416 e. The summed E-state index contributed by atoms with van der Waals surface area (Å²) in [5.74, 6) is -0.0199. The normalized spacial score (nSPS) is 11.4. The molecule has 1 aromatic heterocycles. The molecule has 0 saturated heterocycles. The lowest BCUT2D eigenvalue weighted by atomic mass is 10.1. The molecule has 1 N–H and O–H groups in total. The predicted molar refractivity (Wildman–Crippen MR) is 129 cm³/mol. The van der Waals surface area contributed by atoms with Crippen LogP contribution in [0.15, 0.2) is 72.8 Å². The molecule has 36 heavy (non-hydrogen) atoms. The van der Waals surface area contributed by atoms with Crippen LogP contribution in [-0.4, -0.2) is 41.0 Å². The Morgan fingerprint density at radius 2 is 1.64 bits per heavy atom. The second-order valence-corrected chi connectivity index (χ2v) is 7.99. The van der Waals surface area contributed by atoms with Gasteiger partial charge >= 0.3 is 12.2 Å². The Balaban J connectivity index is 1.60. The van der Waals surface area contributed by atoms with Crippen molar-refractivity contribution in [3.05, 3.63) is 88.9 Å². The molecule has 186 valence electrons. The molecule has 0 atom stereocenters. The third-order valence-electron chi connectivity index (χ3n) is 5.05. The number of benzene rings is 3. The molecule has 7 nitrogen and oxygen atoms in total. The lowest BCUT2D eigenvalue weighted by Gasteiger charge is -2.10. The molecule has 0 spiro atoms. The highest BCUT2D eigenvalue weighted by molar-refractivity contribution is 6.30. The van der Waals surface area contributed by atoms with Gasteiger partial charge in [0.05, 0.1) is 17.9 Å². The predicted octanol–water partition coefficient (Wildman–Crippen LogP) is 5.88. The SMILES string of the molecule is COCCOc1nc(-c2ccc(C(F)(F)F)cc2)n(-c2ccc(NC(=O)c3ccc(Cl)cc3)cc2)n1. The number of rotatable bonds is 8. The third-order valence-corrected chi connectivity index (χ3v) is 5.30. The number of aromatic nitrogens is 3. The number of methoxy groups -OCH3 is 1. The first-order valence-corrected chi connectivity index (χ1v) is 11.1. The van der Waals surface area contributed by atoms with Crippen LogP contribution in [0, 0.1) is 0 Å². The Morgan fingerprint density at radius 1 is 0.972 bits per heavy atom. The lowest BCUT2D eigenvalue weighted by Crippen LogP contribution is -2.11. The molecule has 11 heteroatoms. The summed E-state index contributed by atoms with van der Waals surface area (Å²) in [7, 11) is 1.52. The van der Waals surface area contributed by atoms with Crippen molar-refractivity contribution in [1.82, 2.24) is 14.8 Å². The zero-order valence-corrected chi connectivity index (χ0v) is 19.7. The van der Waals surface area contributed by atoms with E-state index in [0.717, 1.165) is 12.1 Å². The fraction of sp³-hybridized carbons (Fsp3) is 0.160. The van der Waals surface area contributed by atoms with Crippen LogP contribution in [0.2, 0.25) is 5.02 Å². The number of nitrogens with zero attached hydrogens (tertiary/aromatic N) is 3. The van der Waals surface area contributed by atoms with Gasteiger partial charge in [0.2, 0.25) is 0 Å². The van der Waals surface area contributed by atoms with Crippen molar-refractivity contribution in [2.75, 3.05) is 25.6 Å². The second-order valence-electron chi connectivity index (χ2n) is 7.55. The summed E-state index contributed by atoms with van der Waals surface area (Å²) in [5.41, 5.74) is 1.18. The maximum atomic E-state index is 13.0. The van der Waals surface area contributed by atoms with Gasteiger partial charge < -0.3 is 14.8 Å². The highest BCUT2D eigenvalue weighted by Crippen LogP contribution is 2.31. The number of ether oxygens (including phenoxy) is 2. The molecule has 1 amide bonds. The first-order valence-electron chi connectivity index (χ1n) is 10.7. The van der Waals surface area contributed by atoms with Gasteiger partial charge in [0, 0.05) is 28.9 Å². The van der Waals surface area contributed by atoms with Crippen molar-refractivity contribution >= 4 is 23.2 Å². The van der Waals surface area contributed by atoms with Gasteiger partial charge in [-0.05, 0) is 60.7 Å². The lowest BCUT2D eigenvalue weighted by molar-refractivity contribution is -0.137. The number of hydrogen-bond acceptors (Lipinski definition) is 5. The maximum absolute atomic E-state index is 13.0. The van der Waals surface area contributed by atoms with Gasteiger partial charge in [-0.3, -0.25) is 4.79 Å². The van der Waals surface area contributed by atoms with E-state index in [0.29, 0.717) is 34.1 Å². The number of halogens is 4. The molecule has 3 aromatic carbocycles. The number of carbonyl (C=O) groups is 1. The van der Waals surface area contributed by atoms with Gasteiger partial charge in [0.25, 0.3) is 5.91 Å². The topological polar surface area (TPSA) is 78.3 Å². The molecular formula is C25H20ClF3N4O3. The summed E-state index contributed by atoms with van der Waals surface area (Å²) in [6, 6.07) is 17.9. The summed E-state index contributed by atoms with van der Waals surface area (Å²) < 4.78 is 50.9. The molecule has 1 heterocycles. The van der Waals surface area contributed by atoms with Crippen LogP contribution in [0.4, 0.5) is 18.9 Å². The Labute approximate surface area is 209 Å². The highest BCUT2D eigenvalue weighted by Gasteiger charge is 2.30. The summed E-state index contributed by atoms with van der Waals surface area (Å²) in [4.78, 5) is 16.8. The quantitative estimate of drug-likeness (QED) is 0.296. The minimum absolute atomic E-state index is 0.0436. The van der Waals surface area contributed by atoms with Gasteiger partial charge in [-0.15, -0.1) is 5.10 Å². The Morgan fingerprint density at radius 3 is 2.25 bits per heavy atom. The standard InChI is InChI=1S/C25H20ClF3N4O3/c1-35-14-15-36-24-31-22(16-2-6-18(7-3-16)25(27,28)29)33(32-24)21-12-10-20(11-13-21)30-23(34)17-4-8-19(26)9-5-17/h2-13H,14-15H2,1H3,(H,30,34). The molecule has 0 aliphatic rings. The van der Waals surface area contributed by atoms with E-state index >= 15 is 0 Å². The van der Waals surface area contributed by atoms with E-state index in [1.54, 1.807) is 48.5 Å². The van der Waals surface area contributed by atoms with Gasteiger partial charge in [-0.25, -0.2) is 4.68 Å². The molecule has 0 bridgehead atoms. The van der Waals surface area contributed by atoms with Crippen molar-refractivity contribution in [3.8, 4) is 23.1 Å². The average molecular weight is 517 g/mol. The van der Waals surface area contributed by atoms with Crippen LogP contribution >= 0.6 is 11.6 Å². The monoisotopic (exact) mass is 516 g/mol. The Bertz CT molecular complexity index is 1320. The summed E-state index contributed by atoms with van der Waals surface area (Å²) >= 11 is 5.86. The zero-order chi connectivity index (χ0) is 25.7. The van der Waals surface area contributed by atoms with E-state index in [9.17, 15) is 18.0 Å². The molecular weight excluding hydrogens is 497 g/mol. The van der Waals surface area contributed by atoms with E-state index in [2.05, 4.69) is 15.4 Å². The van der Waals surface area contributed by atoms with E-state index < -0.39 is 11.7 Å². The minimum atomic E-state index is -4.45. The summed E-state index contributed by atoms with van der Waals surface area (Å²) in [5, 5.41) is 7.67. The van der Waals surface area contributed by atoms with Crippen molar-refractivity contribution in [2.24, 2.45) is 0 Å². The van der Waals surface area contributed by atoms with Crippen LogP contribution < -0.4 is 10.1 Å². The fourth-order valence-corrected chi connectivity index (χ4v) is 3.36. The summed E-state index contributed by atoms with van der Waals surface area (Å²) in [6.07, 6.45) is -4.45. The Hall–Kier alpha value is -3.89. The second kappa shape index (κ2) is 10.8. The van der Waals surface area contributed by atoms with Crippen molar-refractivity contribution in [3.63, 3.8) is 0 Å². The van der Waals surface area contributed by atoms with Gasteiger partial charge in [-0.1, -0.05) is 23.7 Å². The third kappa shape index (κ3) is 6.02. The van der Waals surface area contributed by atoms with E-state index in [4.69, 9.17) is 21.1 Å².